The lowest BCUT2D eigenvalue weighted by atomic mass is 10.0. The van der Waals surface area contributed by atoms with Crippen molar-refractivity contribution in [3.8, 4) is 0 Å². The van der Waals surface area contributed by atoms with Gasteiger partial charge in [-0.1, -0.05) is 76.2 Å². The Morgan fingerprint density at radius 1 is 0.970 bits per heavy atom. The minimum absolute atomic E-state index is 0.0827. The number of nitrogens with one attached hydrogen (secondary N) is 1. The van der Waals surface area contributed by atoms with E-state index in [1.54, 1.807) is 43.9 Å². The number of amides is 2. The molecule has 2 amide bonds. The largest absolute Gasteiger partial charge is 0.350 e. The van der Waals surface area contributed by atoms with Crippen LogP contribution in [0.1, 0.15) is 40.2 Å². The van der Waals surface area contributed by atoms with E-state index in [4.69, 9.17) is 0 Å². The molecule has 1 saturated heterocycles. The number of benzene rings is 2. The Hall–Kier alpha value is -2.71. The van der Waals surface area contributed by atoms with Gasteiger partial charge in [-0.15, -0.1) is 0 Å². The summed E-state index contributed by atoms with van der Waals surface area (Å²) in [6, 6.07) is 16.3. The van der Waals surface area contributed by atoms with Crippen molar-refractivity contribution in [2.45, 2.75) is 58.1 Å². The van der Waals surface area contributed by atoms with Crippen molar-refractivity contribution >= 4 is 21.8 Å². The maximum atomic E-state index is 13.2. The molecule has 1 fully saturated rings. The molecule has 0 saturated carbocycles. The van der Waals surface area contributed by atoms with E-state index in [9.17, 15) is 18.0 Å². The van der Waals surface area contributed by atoms with Crippen LogP contribution in [-0.2, 0) is 26.2 Å². The minimum Gasteiger partial charge on any atom is -0.350 e. The Morgan fingerprint density at radius 2 is 1.52 bits per heavy atom. The zero-order chi connectivity index (χ0) is 24.6. The summed E-state index contributed by atoms with van der Waals surface area (Å²) in [4.78, 5) is 27.8. The Morgan fingerprint density at radius 3 is 2.06 bits per heavy atom. The number of nitrogens with zero attached hydrogens (tertiary/aromatic N) is 2. The van der Waals surface area contributed by atoms with Crippen LogP contribution in [0.25, 0.3) is 0 Å². The predicted octanol–water partition coefficient (Wildman–Crippen LogP) is 3.28. The van der Waals surface area contributed by atoms with Crippen molar-refractivity contribution in [1.29, 1.82) is 0 Å². The summed E-state index contributed by atoms with van der Waals surface area (Å²) < 4.78 is 27.7. The van der Waals surface area contributed by atoms with Crippen molar-refractivity contribution in [3.05, 3.63) is 66.2 Å². The molecule has 0 bridgehead atoms. The van der Waals surface area contributed by atoms with Crippen molar-refractivity contribution in [2.75, 3.05) is 13.1 Å². The van der Waals surface area contributed by atoms with E-state index in [2.05, 4.69) is 5.32 Å². The second-order valence-electron chi connectivity index (χ2n) is 8.10. The van der Waals surface area contributed by atoms with Gasteiger partial charge in [-0.25, -0.2) is 8.42 Å². The molecule has 0 aliphatic carbocycles. The topological polar surface area (TPSA) is 86.8 Å². The zero-order valence-corrected chi connectivity index (χ0v) is 20.9. The SMILES string of the molecule is CC.CC(C)C(=O)N1C(C)CN(S(=O)(=O)c2ccccc2)CC1C(=O)NCc1ccccc1. The first kappa shape index (κ1) is 26.5. The van der Waals surface area contributed by atoms with E-state index >= 15 is 0 Å². The highest BCUT2D eigenvalue weighted by Gasteiger charge is 2.43. The lowest BCUT2D eigenvalue weighted by Crippen LogP contribution is -2.65. The third-order valence-electron chi connectivity index (χ3n) is 5.40. The first-order valence-corrected chi connectivity index (χ1v) is 12.8. The normalized spacial score (nSPS) is 18.9. The number of hydrogen-bond donors (Lipinski definition) is 1. The van der Waals surface area contributed by atoms with Gasteiger partial charge in [-0.05, 0) is 24.6 Å². The fourth-order valence-electron chi connectivity index (χ4n) is 3.76. The van der Waals surface area contributed by atoms with Crippen LogP contribution in [0.4, 0.5) is 0 Å². The molecular weight excluding hydrogens is 438 g/mol. The number of carbonyl (C=O) groups excluding carboxylic acids is 2. The quantitative estimate of drug-likeness (QED) is 0.698. The minimum atomic E-state index is -3.78. The molecule has 1 aliphatic heterocycles. The van der Waals surface area contributed by atoms with E-state index in [1.807, 2.05) is 44.2 Å². The zero-order valence-electron chi connectivity index (χ0n) is 20.1. The monoisotopic (exact) mass is 473 g/mol. The van der Waals surface area contributed by atoms with Gasteiger partial charge in [0.1, 0.15) is 6.04 Å². The second-order valence-corrected chi connectivity index (χ2v) is 10.0. The van der Waals surface area contributed by atoms with Crippen LogP contribution in [0.15, 0.2) is 65.6 Å². The van der Waals surface area contributed by atoms with Crippen LogP contribution in [0.2, 0.25) is 0 Å². The molecule has 180 valence electrons. The van der Waals surface area contributed by atoms with Crippen LogP contribution in [0.3, 0.4) is 0 Å². The van der Waals surface area contributed by atoms with E-state index in [0.717, 1.165) is 5.56 Å². The van der Waals surface area contributed by atoms with Crippen LogP contribution < -0.4 is 5.32 Å². The van der Waals surface area contributed by atoms with Gasteiger partial charge in [-0.2, -0.15) is 4.31 Å². The molecule has 1 N–H and O–H groups in total. The molecule has 0 aromatic heterocycles. The van der Waals surface area contributed by atoms with Crippen LogP contribution in [-0.4, -0.2) is 54.6 Å². The number of rotatable bonds is 6. The second kappa shape index (κ2) is 12.0. The molecule has 0 spiro atoms. The average molecular weight is 474 g/mol. The Balaban J connectivity index is 0.00000187. The maximum Gasteiger partial charge on any atom is 0.244 e. The number of sulfonamides is 1. The van der Waals surface area contributed by atoms with Gasteiger partial charge in [0, 0.05) is 31.6 Å². The van der Waals surface area contributed by atoms with Crippen LogP contribution in [0.5, 0.6) is 0 Å². The number of carbonyl (C=O) groups is 2. The molecular formula is C25H35N3O4S. The summed E-state index contributed by atoms with van der Waals surface area (Å²) >= 11 is 0. The summed E-state index contributed by atoms with van der Waals surface area (Å²) in [5.41, 5.74) is 0.926. The Kier molecular flexibility index (Phi) is 9.61. The third kappa shape index (κ3) is 6.42. The molecule has 8 heteroatoms. The van der Waals surface area contributed by atoms with Gasteiger partial charge in [0.05, 0.1) is 4.90 Å². The van der Waals surface area contributed by atoms with Gasteiger partial charge in [0.25, 0.3) is 0 Å². The van der Waals surface area contributed by atoms with Crippen LogP contribution >= 0.6 is 0 Å². The summed E-state index contributed by atoms with van der Waals surface area (Å²) in [6.07, 6.45) is 0. The highest BCUT2D eigenvalue weighted by atomic mass is 32.2. The molecule has 33 heavy (non-hydrogen) atoms. The molecule has 2 aromatic rings. The average Bonchev–Trinajstić information content (AvgIpc) is 2.84. The maximum absolute atomic E-state index is 13.2. The van der Waals surface area contributed by atoms with E-state index < -0.39 is 22.1 Å². The smallest absolute Gasteiger partial charge is 0.244 e. The lowest BCUT2D eigenvalue weighted by Gasteiger charge is -2.44. The van der Waals surface area contributed by atoms with E-state index in [-0.39, 0.29) is 35.7 Å². The Bertz CT molecular complexity index is 1010. The molecule has 3 rings (SSSR count). The highest BCUT2D eigenvalue weighted by molar-refractivity contribution is 7.89. The first-order chi connectivity index (χ1) is 15.7. The van der Waals surface area contributed by atoms with Crippen LogP contribution in [0, 0.1) is 5.92 Å². The summed E-state index contributed by atoms with van der Waals surface area (Å²) in [7, 11) is -3.78. The molecule has 1 heterocycles. The van der Waals surface area contributed by atoms with Crippen molar-refractivity contribution in [2.24, 2.45) is 5.92 Å². The van der Waals surface area contributed by atoms with Gasteiger partial charge >= 0.3 is 0 Å². The van der Waals surface area contributed by atoms with Gasteiger partial charge in [0.2, 0.25) is 21.8 Å². The van der Waals surface area contributed by atoms with Gasteiger partial charge < -0.3 is 10.2 Å². The van der Waals surface area contributed by atoms with Crippen molar-refractivity contribution in [3.63, 3.8) is 0 Å². The van der Waals surface area contributed by atoms with E-state index in [0.29, 0.717) is 6.54 Å². The first-order valence-electron chi connectivity index (χ1n) is 11.4. The number of hydrogen-bond acceptors (Lipinski definition) is 4. The van der Waals surface area contributed by atoms with Crippen molar-refractivity contribution in [1.82, 2.24) is 14.5 Å². The fourth-order valence-corrected chi connectivity index (χ4v) is 5.31. The lowest BCUT2D eigenvalue weighted by molar-refractivity contribution is -0.148. The molecule has 2 aromatic carbocycles. The summed E-state index contributed by atoms with van der Waals surface area (Å²) in [5.74, 6) is -0.828. The molecule has 7 nitrogen and oxygen atoms in total. The van der Waals surface area contributed by atoms with Crippen molar-refractivity contribution < 1.29 is 18.0 Å². The standard InChI is InChI=1S/C23H29N3O4S.C2H6/c1-17(2)23(28)26-18(3)15-25(31(29,30)20-12-8-5-9-13-20)16-21(26)22(27)24-14-19-10-6-4-7-11-19;1-2/h4-13,17-18,21H,14-16H2,1-3H3,(H,24,27);1-2H3. The molecule has 0 radical (unpaired) electrons. The Labute approximate surface area is 197 Å². The van der Waals surface area contributed by atoms with E-state index in [1.165, 1.54) is 16.4 Å². The van der Waals surface area contributed by atoms with Gasteiger partial charge in [0.15, 0.2) is 0 Å². The number of piperazine rings is 1. The third-order valence-corrected chi connectivity index (χ3v) is 7.24. The fraction of sp³-hybridized carbons (Fsp3) is 0.440. The highest BCUT2D eigenvalue weighted by Crippen LogP contribution is 2.25. The predicted molar refractivity (Wildman–Crippen MR) is 130 cm³/mol. The molecule has 1 aliphatic rings. The summed E-state index contributed by atoms with van der Waals surface area (Å²) in [5, 5.41) is 2.87. The summed E-state index contributed by atoms with van der Waals surface area (Å²) in [6.45, 7) is 9.70. The molecule has 2 unspecified atom stereocenters. The molecule has 2 atom stereocenters. The van der Waals surface area contributed by atoms with Gasteiger partial charge in [-0.3, -0.25) is 9.59 Å².